The van der Waals surface area contributed by atoms with Crippen molar-refractivity contribution in [3.63, 3.8) is 0 Å². The Morgan fingerprint density at radius 2 is 1.26 bits per heavy atom. The lowest BCUT2D eigenvalue weighted by Gasteiger charge is -2.33. The molecule has 290 valence electrons. The van der Waals surface area contributed by atoms with Crippen molar-refractivity contribution in [3.8, 4) is 11.1 Å². The number of alkyl carbamates (subject to hydrolysis) is 2. The fraction of sp³-hybridized carbons (Fsp3) is 0.488. The van der Waals surface area contributed by atoms with Crippen molar-refractivity contribution >= 4 is 35.5 Å². The Morgan fingerprint density at radius 1 is 0.741 bits per heavy atom. The van der Waals surface area contributed by atoms with Gasteiger partial charge >= 0.3 is 12.2 Å². The average Bonchev–Trinajstić information content (AvgIpc) is 3.89. The van der Waals surface area contributed by atoms with E-state index in [1.807, 2.05) is 63.1 Å². The standard InChI is InChI=1S/C41H54N6O7/c1-25(2)35(44-40(51)53-5)38(49)46-21-7-9-33(46)32-20-19-31(24-42-32)30-17-15-29(16-18-30)28-13-11-27(12-14-28)23-43-37(48)34-10-8-22-47(34)39(50)36(26(3)4)45-41(52)54-6/h11-18,20,24-26,33-36,42H,7-10,19,21-23H2,1-6H3,(H,43,48)(H,44,51)(H,45,52)/t33-,34-,35-,36-/m0/s1. The van der Waals surface area contributed by atoms with Crippen LogP contribution in [0.2, 0.25) is 0 Å². The summed E-state index contributed by atoms with van der Waals surface area (Å²) in [7, 11) is 2.55. The van der Waals surface area contributed by atoms with Gasteiger partial charge in [0.05, 0.1) is 20.3 Å². The number of nitrogens with zero attached hydrogens (tertiary/aromatic N) is 2. The fourth-order valence-corrected chi connectivity index (χ4v) is 7.35. The van der Waals surface area contributed by atoms with Gasteiger partial charge in [-0.3, -0.25) is 14.4 Å². The maximum Gasteiger partial charge on any atom is 0.407 e. The van der Waals surface area contributed by atoms with E-state index in [9.17, 15) is 24.0 Å². The molecule has 0 spiro atoms. The van der Waals surface area contributed by atoms with E-state index < -0.39 is 30.3 Å². The van der Waals surface area contributed by atoms with Crippen LogP contribution in [0.5, 0.6) is 0 Å². The van der Waals surface area contributed by atoms with Gasteiger partial charge in [-0.2, -0.15) is 0 Å². The molecule has 0 aromatic heterocycles. The summed E-state index contributed by atoms with van der Waals surface area (Å²) in [4.78, 5) is 67.2. The summed E-state index contributed by atoms with van der Waals surface area (Å²) in [6, 6.07) is 14.3. The Hall–Kier alpha value is -5.33. The molecule has 2 aromatic carbocycles. The number of likely N-dealkylation sites (tertiary alicyclic amines) is 2. The third-order valence-corrected chi connectivity index (χ3v) is 10.5. The number of nitrogens with one attached hydrogen (secondary N) is 4. The Balaban J connectivity index is 1.14. The maximum atomic E-state index is 13.5. The first-order valence-corrected chi connectivity index (χ1v) is 18.8. The van der Waals surface area contributed by atoms with Crippen LogP contribution in [-0.2, 0) is 30.4 Å². The van der Waals surface area contributed by atoms with Gasteiger partial charge in [-0.25, -0.2) is 9.59 Å². The van der Waals surface area contributed by atoms with Gasteiger partial charge in [-0.1, -0.05) is 82.3 Å². The molecule has 5 amide bonds. The molecule has 0 aliphatic carbocycles. The van der Waals surface area contributed by atoms with Crippen molar-refractivity contribution in [1.29, 1.82) is 0 Å². The minimum atomic E-state index is -0.775. The second-order valence-corrected chi connectivity index (χ2v) is 14.8. The smallest absolute Gasteiger partial charge is 0.407 e. The minimum absolute atomic E-state index is 0.0735. The van der Waals surface area contributed by atoms with Crippen molar-refractivity contribution in [1.82, 2.24) is 31.1 Å². The van der Waals surface area contributed by atoms with Gasteiger partial charge < -0.3 is 40.5 Å². The van der Waals surface area contributed by atoms with Crippen LogP contribution >= 0.6 is 0 Å². The Kier molecular flexibility index (Phi) is 13.4. The first-order chi connectivity index (χ1) is 25.9. The SMILES string of the molecule is COC(=O)N[C@H](C(=O)N1CCC[C@H]1C(=O)NCc1ccc(-c2ccc(C3=CNC([C@@H]4CCCN4C(=O)[C@@H](NC(=O)OC)C(C)C)=CC3)cc2)cc1)C(C)C. The molecular formula is C41H54N6O7. The first-order valence-electron chi connectivity index (χ1n) is 18.8. The zero-order valence-electron chi connectivity index (χ0n) is 32.1. The van der Waals surface area contributed by atoms with Crippen LogP contribution in [0.4, 0.5) is 9.59 Å². The molecule has 0 saturated carbocycles. The van der Waals surface area contributed by atoms with Crippen molar-refractivity contribution in [2.75, 3.05) is 27.3 Å². The predicted molar refractivity (Wildman–Crippen MR) is 205 cm³/mol. The molecule has 13 heteroatoms. The third-order valence-electron chi connectivity index (χ3n) is 10.5. The maximum absolute atomic E-state index is 13.5. The molecule has 2 aromatic rings. The second kappa shape index (κ2) is 18.1. The third kappa shape index (κ3) is 9.42. The number of rotatable bonds is 12. The molecule has 13 nitrogen and oxygen atoms in total. The highest BCUT2D eigenvalue weighted by Crippen LogP contribution is 2.31. The normalized spacial score (nSPS) is 19.3. The van der Waals surface area contributed by atoms with Crippen LogP contribution in [0, 0.1) is 11.8 Å². The number of allylic oxidation sites excluding steroid dienone is 2. The molecule has 54 heavy (non-hydrogen) atoms. The Labute approximate surface area is 317 Å². The minimum Gasteiger partial charge on any atom is -0.453 e. The summed E-state index contributed by atoms with van der Waals surface area (Å²) < 4.78 is 9.44. The number of benzene rings is 2. The highest BCUT2D eigenvalue weighted by atomic mass is 16.5. The van der Waals surface area contributed by atoms with Crippen molar-refractivity contribution in [3.05, 3.63) is 77.6 Å². The summed E-state index contributed by atoms with van der Waals surface area (Å²) in [5.74, 6) is -0.838. The van der Waals surface area contributed by atoms with Gasteiger partial charge in [0.15, 0.2) is 0 Å². The lowest BCUT2D eigenvalue weighted by atomic mass is 9.96. The van der Waals surface area contributed by atoms with Crippen LogP contribution in [-0.4, -0.2) is 91.2 Å². The highest BCUT2D eigenvalue weighted by molar-refractivity contribution is 5.92. The van der Waals surface area contributed by atoms with Crippen LogP contribution in [0.3, 0.4) is 0 Å². The predicted octanol–water partition coefficient (Wildman–Crippen LogP) is 4.93. The molecule has 3 aliphatic heterocycles. The molecule has 4 N–H and O–H groups in total. The number of carbonyl (C=O) groups is 5. The van der Waals surface area contributed by atoms with Gasteiger partial charge in [-0.15, -0.1) is 0 Å². The summed E-state index contributed by atoms with van der Waals surface area (Å²) in [6.45, 7) is 8.94. The Bertz CT molecular complexity index is 1740. The molecule has 2 saturated heterocycles. The number of methoxy groups -OCH3 is 2. The van der Waals surface area contributed by atoms with Crippen molar-refractivity contribution in [2.45, 2.75) is 90.5 Å². The summed E-state index contributed by atoms with van der Waals surface area (Å²) in [5.41, 5.74) is 6.29. The summed E-state index contributed by atoms with van der Waals surface area (Å²) in [6.07, 6.45) is 6.64. The lowest BCUT2D eigenvalue weighted by molar-refractivity contribution is -0.140. The van der Waals surface area contributed by atoms with Gasteiger partial charge in [-0.05, 0) is 71.8 Å². The van der Waals surface area contributed by atoms with Gasteiger partial charge in [0.25, 0.3) is 0 Å². The Morgan fingerprint density at radius 3 is 1.80 bits per heavy atom. The van der Waals surface area contributed by atoms with E-state index in [0.29, 0.717) is 32.5 Å². The van der Waals surface area contributed by atoms with E-state index in [1.54, 1.807) is 4.90 Å². The largest absolute Gasteiger partial charge is 0.453 e. The number of hydrogen-bond acceptors (Lipinski definition) is 8. The van der Waals surface area contributed by atoms with Crippen LogP contribution < -0.4 is 21.3 Å². The molecule has 3 aliphatic rings. The first kappa shape index (κ1) is 39.9. The average molecular weight is 743 g/mol. The van der Waals surface area contributed by atoms with Crippen LogP contribution in [0.25, 0.3) is 16.7 Å². The molecule has 2 fully saturated rings. The molecule has 0 bridgehead atoms. The van der Waals surface area contributed by atoms with Gasteiger partial charge in [0, 0.05) is 31.5 Å². The van der Waals surface area contributed by atoms with E-state index in [4.69, 9.17) is 9.47 Å². The van der Waals surface area contributed by atoms with E-state index in [1.165, 1.54) is 14.2 Å². The summed E-state index contributed by atoms with van der Waals surface area (Å²) in [5, 5.41) is 11.8. The van der Waals surface area contributed by atoms with E-state index >= 15 is 0 Å². The van der Waals surface area contributed by atoms with Crippen LogP contribution in [0.1, 0.15) is 70.9 Å². The van der Waals surface area contributed by atoms with Crippen LogP contribution in [0.15, 0.2) is 66.5 Å². The molecular weight excluding hydrogens is 688 g/mol. The van der Waals surface area contributed by atoms with E-state index in [-0.39, 0.29) is 35.6 Å². The molecule has 5 rings (SSSR count). The number of amides is 5. The highest BCUT2D eigenvalue weighted by Gasteiger charge is 2.39. The number of ether oxygens (including phenoxy) is 2. The molecule has 3 heterocycles. The van der Waals surface area contributed by atoms with Crippen molar-refractivity contribution in [2.24, 2.45) is 11.8 Å². The zero-order chi connectivity index (χ0) is 38.9. The van der Waals surface area contributed by atoms with E-state index in [0.717, 1.165) is 52.8 Å². The lowest BCUT2D eigenvalue weighted by Crippen LogP contribution is -2.55. The quantitative estimate of drug-likeness (QED) is 0.239. The molecule has 4 atom stereocenters. The molecule has 0 unspecified atom stereocenters. The monoisotopic (exact) mass is 742 g/mol. The fourth-order valence-electron chi connectivity index (χ4n) is 7.35. The molecule has 0 radical (unpaired) electrons. The van der Waals surface area contributed by atoms with E-state index in [2.05, 4.69) is 51.6 Å². The number of carbonyl (C=O) groups excluding carboxylic acids is 5. The van der Waals surface area contributed by atoms with Gasteiger partial charge in [0.2, 0.25) is 17.7 Å². The summed E-state index contributed by atoms with van der Waals surface area (Å²) >= 11 is 0. The zero-order valence-corrected chi connectivity index (χ0v) is 32.1. The second-order valence-electron chi connectivity index (χ2n) is 14.8. The number of dihydropyridines is 1. The topological polar surface area (TPSA) is 158 Å². The number of hydrogen-bond donors (Lipinski definition) is 4. The van der Waals surface area contributed by atoms with Gasteiger partial charge in [0.1, 0.15) is 18.1 Å². The van der Waals surface area contributed by atoms with Crippen molar-refractivity contribution < 1.29 is 33.4 Å².